The summed E-state index contributed by atoms with van der Waals surface area (Å²) in [4.78, 5) is 8.61. The van der Waals surface area contributed by atoms with Gasteiger partial charge in [-0.1, -0.05) is 6.42 Å². The largest absolute Gasteiger partial charge is 0.573 e. The summed E-state index contributed by atoms with van der Waals surface area (Å²) in [5.74, 6) is -0.441. The highest BCUT2D eigenvalue weighted by molar-refractivity contribution is 7.91. The fraction of sp³-hybridized carbons (Fsp3) is 0.407. The van der Waals surface area contributed by atoms with Crippen LogP contribution in [0.25, 0.3) is 10.9 Å². The lowest BCUT2D eigenvalue weighted by Crippen LogP contribution is -2.47. The van der Waals surface area contributed by atoms with Crippen molar-refractivity contribution in [2.24, 2.45) is 0 Å². The first-order valence-electron chi connectivity index (χ1n) is 12.6. The van der Waals surface area contributed by atoms with Gasteiger partial charge in [-0.15, -0.1) is 13.2 Å². The van der Waals surface area contributed by atoms with Gasteiger partial charge in [-0.2, -0.15) is 5.26 Å². The first-order valence-corrected chi connectivity index (χ1v) is 14.1. The topological polar surface area (TPSA) is 86.5 Å². The van der Waals surface area contributed by atoms with Crippen LogP contribution in [0.15, 0.2) is 58.5 Å². The Morgan fingerprint density at radius 3 is 2.29 bits per heavy atom. The monoisotopic (exact) mass is 544 g/mol. The minimum absolute atomic E-state index is 0.0233. The number of benzene rings is 2. The van der Waals surface area contributed by atoms with E-state index in [0.29, 0.717) is 35.9 Å². The zero-order valence-corrected chi connectivity index (χ0v) is 21.4. The van der Waals surface area contributed by atoms with Gasteiger partial charge in [-0.25, -0.2) is 8.42 Å². The van der Waals surface area contributed by atoms with Crippen molar-refractivity contribution in [1.29, 1.82) is 5.26 Å². The van der Waals surface area contributed by atoms with Crippen molar-refractivity contribution in [3.8, 4) is 11.8 Å². The fourth-order valence-electron chi connectivity index (χ4n) is 5.43. The number of ether oxygens (including phenoxy) is 1. The van der Waals surface area contributed by atoms with Gasteiger partial charge < -0.3 is 14.5 Å². The summed E-state index contributed by atoms with van der Waals surface area (Å²) in [6.45, 7) is 3.22. The molecule has 3 aromatic rings. The number of halogens is 3. The molecule has 0 amide bonds. The van der Waals surface area contributed by atoms with Crippen LogP contribution in [-0.4, -0.2) is 56.9 Å². The van der Waals surface area contributed by atoms with E-state index >= 15 is 0 Å². The van der Waals surface area contributed by atoms with E-state index in [4.69, 9.17) is 5.26 Å². The molecule has 0 saturated carbocycles. The van der Waals surface area contributed by atoms with Crippen molar-refractivity contribution in [2.75, 3.05) is 31.1 Å². The Hall–Kier alpha value is -3.36. The maximum Gasteiger partial charge on any atom is 0.573 e. The van der Waals surface area contributed by atoms with Crippen LogP contribution in [-0.2, 0) is 9.84 Å². The minimum Gasteiger partial charge on any atom is -0.406 e. The van der Waals surface area contributed by atoms with E-state index in [1.54, 1.807) is 0 Å². The highest BCUT2D eigenvalue weighted by Gasteiger charge is 2.33. The number of sulfone groups is 1. The molecule has 0 spiro atoms. The third-order valence-electron chi connectivity index (χ3n) is 7.28. The third kappa shape index (κ3) is 5.42. The molecule has 0 aliphatic carbocycles. The van der Waals surface area contributed by atoms with Gasteiger partial charge in [0.15, 0.2) is 0 Å². The minimum atomic E-state index is -4.89. The van der Waals surface area contributed by atoms with Gasteiger partial charge in [0.1, 0.15) is 10.6 Å². The van der Waals surface area contributed by atoms with Gasteiger partial charge >= 0.3 is 6.36 Å². The molecule has 0 unspecified atom stereocenters. The number of likely N-dealkylation sites (tertiary alicyclic amines) is 1. The zero-order valence-electron chi connectivity index (χ0n) is 20.6. The second kappa shape index (κ2) is 10.4. The summed E-state index contributed by atoms with van der Waals surface area (Å²) in [6.07, 6.45) is 1.59. The summed E-state index contributed by atoms with van der Waals surface area (Å²) in [7, 11) is -4.10. The Morgan fingerprint density at radius 2 is 1.66 bits per heavy atom. The van der Waals surface area contributed by atoms with E-state index in [1.807, 2.05) is 11.0 Å². The van der Waals surface area contributed by atoms with E-state index in [2.05, 4.69) is 14.6 Å². The molecule has 2 fully saturated rings. The second-order valence-corrected chi connectivity index (χ2v) is 11.6. The predicted molar refractivity (Wildman–Crippen MR) is 136 cm³/mol. The molecule has 11 heteroatoms. The number of aromatic nitrogens is 1. The van der Waals surface area contributed by atoms with Crippen molar-refractivity contribution < 1.29 is 26.3 Å². The molecule has 3 heterocycles. The molecule has 2 saturated heterocycles. The Morgan fingerprint density at radius 1 is 0.974 bits per heavy atom. The van der Waals surface area contributed by atoms with Crippen LogP contribution in [0.5, 0.6) is 5.75 Å². The number of rotatable bonds is 5. The maximum absolute atomic E-state index is 13.8. The van der Waals surface area contributed by atoms with E-state index in [1.165, 1.54) is 67.9 Å². The summed E-state index contributed by atoms with van der Waals surface area (Å²) < 4.78 is 70.7. The molecule has 1 aromatic heterocycles. The molecule has 0 N–H and O–H groups in total. The molecular formula is C27H27F3N4O3S. The summed E-state index contributed by atoms with van der Waals surface area (Å²) >= 11 is 0. The first kappa shape index (κ1) is 26.3. The normalized spacial score (nSPS) is 17.9. The Balaban J connectivity index is 1.58. The highest BCUT2D eigenvalue weighted by Crippen LogP contribution is 2.39. The first-order chi connectivity index (χ1) is 18.2. The van der Waals surface area contributed by atoms with Crippen LogP contribution in [0, 0.1) is 11.3 Å². The number of nitrogens with zero attached hydrogens (tertiary/aromatic N) is 4. The van der Waals surface area contributed by atoms with Crippen LogP contribution < -0.4 is 9.64 Å². The Kier molecular flexibility index (Phi) is 7.20. The Labute approximate surface area is 219 Å². The third-order valence-corrected chi connectivity index (χ3v) is 9.05. The van der Waals surface area contributed by atoms with Gasteiger partial charge in [0.25, 0.3) is 0 Å². The average Bonchev–Trinajstić information content (AvgIpc) is 2.92. The van der Waals surface area contributed by atoms with E-state index in [-0.39, 0.29) is 15.2 Å². The molecule has 2 aliphatic rings. The highest BCUT2D eigenvalue weighted by atomic mass is 32.2. The van der Waals surface area contributed by atoms with Crippen molar-refractivity contribution in [3.63, 3.8) is 0 Å². The van der Waals surface area contributed by atoms with Gasteiger partial charge in [-0.3, -0.25) is 4.98 Å². The predicted octanol–water partition coefficient (Wildman–Crippen LogP) is 5.29. The van der Waals surface area contributed by atoms with Crippen LogP contribution in [0.4, 0.5) is 18.9 Å². The Bertz CT molecular complexity index is 1460. The maximum atomic E-state index is 13.8. The molecule has 2 aromatic carbocycles. The van der Waals surface area contributed by atoms with Crippen LogP contribution in [0.1, 0.15) is 37.7 Å². The number of piperidine rings is 2. The van der Waals surface area contributed by atoms with Gasteiger partial charge in [0, 0.05) is 30.7 Å². The van der Waals surface area contributed by atoms with Crippen LogP contribution >= 0.6 is 0 Å². The zero-order chi connectivity index (χ0) is 26.9. The van der Waals surface area contributed by atoms with Crippen molar-refractivity contribution >= 4 is 26.4 Å². The number of hydrogen-bond donors (Lipinski definition) is 0. The van der Waals surface area contributed by atoms with Gasteiger partial charge in [0.2, 0.25) is 9.84 Å². The van der Waals surface area contributed by atoms with Crippen molar-refractivity contribution in [2.45, 2.75) is 54.3 Å². The van der Waals surface area contributed by atoms with E-state index in [9.17, 15) is 21.6 Å². The number of anilines is 1. The van der Waals surface area contributed by atoms with E-state index < -0.39 is 21.9 Å². The molecule has 0 bridgehead atoms. The summed E-state index contributed by atoms with van der Waals surface area (Å²) in [5.41, 5.74) is 1.00. The van der Waals surface area contributed by atoms with Gasteiger partial charge in [-0.05, 0) is 81.2 Å². The molecule has 0 radical (unpaired) electrons. The number of fused-ring (bicyclic) bond motifs is 1. The smallest absolute Gasteiger partial charge is 0.406 e. The summed E-state index contributed by atoms with van der Waals surface area (Å²) in [5, 5.41) is 9.37. The SMILES string of the molecule is N#Cc1ccc(S(=O)(=O)c2cnc3ccc(OC(F)(F)F)cc3c2N2CCC(N3CCCCC3)CC2)cc1. The van der Waals surface area contributed by atoms with Crippen LogP contribution in [0.3, 0.4) is 0 Å². The number of hydrogen-bond acceptors (Lipinski definition) is 7. The van der Waals surface area contributed by atoms with Gasteiger partial charge in [0.05, 0.1) is 27.7 Å². The summed E-state index contributed by atoms with van der Waals surface area (Å²) in [6, 6.07) is 11.7. The van der Waals surface area contributed by atoms with Crippen LogP contribution in [0.2, 0.25) is 0 Å². The van der Waals surface area contributed by atoms with E-state index in [0.717, 1.165) is 25.9 Å². The number of nitriles is 1. The van der Waals surface area contributed by atoms with Crippen molar-refractivity contribution in [1.82, 2.24) is 9.88 Å². The lowest BCUT2D eigenvalue weighted by atomic mass is 9.99. The molecule has 0 atom stereocenters. The lowest BCUT2D eigenvalue weighted by molar-refractivity contribution is -0.274. The molecule has 200 valence electrons. The average molecular weight is 545 g/mol. The fourth-order valence-corrected chi connectivity index (χ4v) is 6.87. The molecule has 5 rings (SSSR count). The quantitative estimate of drug-likeness (QED) is 0.431. The molecule has 38 heavy (non-hydrogen) atoms. The number of pyridine rings is 1. The lowest BCUT2D eigenvalue weighted by Gasteiger charge is -2.41. The molecule has 2 aliphatic heterocycles. The second-order valence-electron chi connectivity index (χ2n) is 9.65. The van der Waals surface area contributed by atoms with Crippen molar-refractivity contribution in [3.05, 3.63) is 54.2 Å². The standard InChI is InChI=1S/C27H27F3N4O3S/c28-27(29,30)37-21-6-9-24-23(16-21)26(34-14-10-20(11-15-34)33-12-2-1-3-13-33)25(18-32-24)38(35,36)22-7-4-19(17-31)5-8-22/h4-9,16,18,20H,1-3,10-15H2. The molecule has 7 nitrogen and oxygen atoms in total. The number of alkyl halides is 3. The molecular weight excluding hydrogens is 517 g/mol.